The van der Waals surface area contributed by atoms with E-state index in [1.54, 1.807) is 12.3 Å². The van der Waals surface area contributed by atoms with Crippen molar-refractivity contribution >= 4 is 11.5 Å². The van der Waals surface area contributed by atoms with Crippen molar-refractivity contribution in [2.45, 2.75) is 64.4 Å². The van der Waals surface area contributed by atoms with Crippen LogP contribution in [0.2, 0.25) is 0 Å². The minimum atomic E-state index is -0.921. The van der Waals surface area contributed by atoms with Crippen LogP contribution in [0, 0.1) is 23.1 Å². The van der Waals surface area contributed by atoms with Crippen molar-refractivity contribution < 1.29 is 19.0 Å². The Morgan fingerprint density at radius 3 is 2.91 bits per heavy atom. The normalized spacial score (nSPS) is 29.3. The molecule has 168 valence electrons. The van der Waals surface area contributed by atoms with E-state index >= 15 is 0 Å². The van der Waals surface area contributed by atoms with Gasteiger partial charge in [0.25, 0.3) is 0 Å². The molecule has 0 amide bonds. The molecule has 1 aromatic carbocycles. The fourth-order valence-electron chi connectivity index (χ4n) is 6.68. The molecule has 1 heterocycles. The van der Waals surface area contributed by atoms with E-state index < -0.39 is 12.1 Å². The number of aliphatic carboxylic acids is 1. The highest BCUT2D eigenvalue weighted by molar-refractivity contribution is 5.73. The van der Waals surface area contributed by atoms with E-state index in [9.17, 15) is 14.3 Å². The van der Waals surface area contributed by atoms with E-state index in [1.165, 1.54) is 22.9 Å². The van der Waals surface area contributed by atoms with Gasteiger partial charge in [-0.25, -0.2) is 9.18 Å². The van der Waals surface area contributed by atoms with Crippen LogP contribution in [0.3, 0.4) is 0 Å². The number of rotatable bonds is 5. The van der Waals surface area contributed by atoms with Gasteiger partial charge in [0.15, 0.2) is 6.10 Å². The number of hydrogen-bond acceptors (Lipinski definition) is 3. The summed E-state index contributed by atoms with van der Waals surface area (Å²) in [5.41, 5.74) is 4.96. The van der Waals surface area contributed by atoms with Gasteiger partial charge in [-0.05, 0) is 102 Å². The predicted octanol–water partition coefficient (Wildman–Crippen LogP) is 6.01. The first kappa shape index (κ1) is 21.2. The van der Waals surface area contributed by atoms with Crippen LogP contribution in [0.5, 0.6) is 5.75 Å². The summed E-state index contributed by atoms with van der Waals surface area (Å²) in [4.78, 5) is 15.4. The molecule has 1 fully saturated rings. The van der Waals surface area contributed by atoms with Gasteiger partial charge < -0.3 is 9.84 Å². The van der Waals surface area contributed by atoms with E-state index in [-0.39, 0.29) is 11.2 Å². The number of carboxylic acids is 1. The second-order valence-electron chi connectivity index (χ2n) is 9.83. The van der Waals surface area contributed by atoms with E-state index in [0.717, 1.165) is 37.7 Å². The molecule has 5 rings (SSSR count). The second-order valence-corrected chi connectivity index (χ2v) is 9.83. The Morgan fingerprint density at radius 1 is 1.31 bits per heavy atom. The average molecular weight is 436 g/mol. The minimum absolute atomic E-state index is 0.0625. The molecule has 3 aliphatic rings. The summed E-state index contributed by atoms with van der Waals surface area (Å²) in [6.45, 7) is 4.19. The molecule has 0 spiro atoms. The Kier molecular flexibility index (Phi) is 5.31. The van der Waals surface area contributed by atoms with Gasteiger partial charge in [-0.3, -0.25) is 4.98 Å². The number of pyridine rings is 1. The number of nitrogens with zero attached hydrogens (tertiary/aromatic N) is 1. The molecular formula is C27H30FNO3. The van der Waals surface area contributed by atoms with Crippen molar-refractivity contribution in [3.63, 3.8) is 0 Å². The minimum Gasteiger partial charge on any atom is -0.479 e. The Labute approximate surface area is 188 Å². The summed E-state index contributed by atoms with van der Waals surface area (Å²) in [5, 5.41) is 9.30. The zero-order valence-corrected chi connectivity index (χ0v) is 18.7. The molecule has 5 heteroatoms. The van der Waals surface area contributed by atoms with Crippen LogP contribution in [0.25, 0.3) is 5.57 Å². The lowest BCUT2D eigenvalue weighted by molar-refractivity contribution is -0.145. The molecule has 1 saturated carbocycles. The SMILES string of the molecule is CCC(Oc1ccc2c(c1)CCC1C2CC[C@]2(C)C(c3cncc(F)c3)=CCC12)C(=O)O. The first-order valence-electron chi connectivity index (χ1n) is 11.7. The number of allylic oxidation sites excluding steroid dienone is 2. The lowest BCUT2D eigenvalue weighted by atomic mass is 9.54. The first-order valence-corrected chi connectivity index (χ1v) is 11.7. The number of benzene rings is 1. The number of aryl methyl sites for hydroxylation is 1. The first-order chi connectivity index (χ1) is 15.4. The molecule has 1 N–H and O–H groups in total. The van der Waals surface area contributed by atoms with Gasteiger partial charge in [0.1, 0.15) is 11.6 Å². The molecule has 5 atom stereocenters. The molecule has 0 saturated heterocycles. The zero-order chi connectivity index (χ0) is 22.5. The fourth-order valence-corrected chi connectivity index (χ4v) is 6.68. The number of carboxylic acid groups (broad SMARTS) is 1. The van der Waals surface area contributed by atoms with E-state index in [4.69, 9.17) is 4.74 Å². The van der Waals surface area contributed by atoms with Crippen LogP contribution >= 0.6 is 0 Å². The van der Waals surface area contributed by atoms with Gasteiger partial charge in [0, 0.05) is 6.20 Å². The van der Waals surface area contributed by atoms with Crippen molar-refractivity contribution in [3.05, 3.63) is 65.2 Å². The highest BCUT2D eigenvalue weighted by Gasteiger charge is 2.52. The monoisotopic (exact) mass is 435 g/mol. The third-order valence-corrected chi connectivity index (χ3v) is 8.22. The maximum Gasteiger partial charge on any atom is 0.344 e. The summed E-state index contributed by atoms with van der Waals surface area (Å²) in [6, 6.07) is 7.79. The van der Waals surface area contributed by atoms with E-state index in [2.05, 4.69) is 30.1 Å². The fraction of sp³-hybridized carbons (Fsp3) is 0.481. The predicted molar refractivity (Wildman–Crippen MR) is 121 cm³/mol. The molecule has 4 nitrogen and oxygen atoms in total. The molecule has 4 unspecified atom stereocenters. The average Bonchev–Trinajstić information content (AvgIpc) is 3.14. The molecule has 0 aliphatic heterocycles. The largest absolute Gasteiger partial charge is 0.479 e. The lowest BCUT2D eigenvalue weighted by Crippen LogP contribution is -2.40. The topological polar surface area (TPSA) is 59.4 Å². The zero-order valence-electron chi connectivity index (χ0n) is 18.7. The Balaban J connectivity index is 1.38. The third kappa shape index (κ3) is 3.42. The number of halogens is 1. The van der Waals surface area contributed by atoms with Crippen LogP contribution in [-0.2, 0) is 11.2 Å². The summed E-state index contributed by atoms with van der Waals surface area (Å²) < 4.78 is 19.6. The maximum absolute atomic E-state index is 13.8. The maximum atomic E-state index is 13.8. The van der Waals surface area contributed by atoms with Gasteiger partial charge in [0.2, 0.25) is 0 Å². The van der Waals surface area contributed by atoms with Crippen LogP contribution in [0.4, 0.5) is 4.39 Å². The van der Waals surface area contributed by atoms with Gasteiger partial charge in [-0.1, -0.05) is 26.0 Å². The standard InChI is InChI=1S/C27H30FNO3/c1-3-25(26(30)31)32-19-5-7-20-16(13-19)4-6-22-21(20)10-11-27(2)23(8-9-24(22)27)17-12-18(28)15-29-14-17/h5,7-8,12-15,21-22,24-25H,3-4,6,9-11H2,1-2H3,(H,30,31)/t21?,22?,24?,25?,27-/m1/s1. The summed E-state index contributed by atoms with van der Waals surface area (Å²) >= 11 is 0. The summed E-state index contributed by atoms with van der Waals surface area (Å²) in [6.07, 6.45) is 10.4. The molecule has 1 aromatic heterocycles. The summed E-state index contributed by atoms with van der Waals surface area (Å²) in [7, 11) is 0. The Morgan fingerprint density at radius 2 is 2.16 bits per heavy atom. The Bertz CT molecular complexity index is 1080. The number of ether oxygens (including phenoxy) is 1. The van der Waals surface area contributed by atoms with Gasteiger partial charge >= 0.3 is 5.97 Å². The molecule has 2 aromatic rings. The van der Waals surface area contributed by atoms with Crippen molar-refractivity contribution in [2.75, 3.05) is 0 Å². The third-order valence-electron chi connectivity index (χ3n) is 8.22. The van der Waals surface area contributed by atoms with Crippen molar-refractivity contribution in [3.8, 4) is 5.75 Å². The number of carbonyl (C=O) groups is 1. The van der Waals surface area contributed by atoms with Crippen molar-refractivity contribution in [2.24, 2.45) is 17.3 Å². The molecule has 3 aliphatic carbocycles. The second kappa shape index (κ2) is 8.02. The molecular weight excluding hydrogens is 405 g/mol. The van der Waals surface area contributed by atoms with Gasteiger partial charge in [-0.2, -0.15) is 0 Å². The van der Waals surface area contributed by atoms with Gasteiger partial charge in [-0.15, -0.1) is 0 Å². The van der Waals surface area contributed by atoms with Crippen molar-refractivity contribution in [1.82, 2.24) is 4.98 Å². The number of hydrogen-bond donors (Lipinski definition) is 1. The van der Waals surface area contributed by atoms with Crippen LogP contribution in [0.15, 0.2) is 42.7 Å². The summed E-state index contributed by atoms with van der Waals surface area (Å²) in [5.74, 6) is 1.13. The molecule has 0 radical (unpaired) electrons. The van der Waals surface area contributed by atoms with Crippen LogP contribution in [0.1, 0.15) is 68.6 Å². The molecule has 0 bridgehead atoms. The quantitative estimate of drug-likeness (QED) is 0.625. The highest BCUT2D eigenvalue weighted by Crippen LogP contribution is 2.63. The van der Waals surface area contributed by atoms with Crippen LogP contribution in [-0.4, -0.2) is 22.2 Å². The molecule has 32 heavy (non-hydrogen) atoms. The number of fused-ring (bicyclic) bond motifs is 5. The highest BCUT2D eigenvalue weighted by atomic mass is 19.1. The Hall–Kier alpha value is -2.69. The van der Waals surface area contributed by atoms with E-state index in [0.29, 0.717) is 29.9 Å². The number of aromatic nitrogens is 1. The van der Waals surface area contributed by atoms with E-state index in [1.807, 2.05) is 13.0 Å². The van der Waals surface area contributed by atoms with Crippen molar-refractivity contribution in [1.29, 1.82) is 0 Å². The van der Waals surface area contributed by atoms with Gasteiger partial charge in [0.05, 0.1) is 6.20 Å². The van der Waals surface area contributed by atoms with Crippen LogP contribution < -0.4 is 4.74 Å². The smallest absolute Gasteiger partial charge is 0.344 e. The lowest BCUT2D eigenvalue weighted by Gasteiger charge is -2.50.